The number of carbonyl (C=O) groups is 1. The summed E-state index contributed by atoms with van der Waals surface area (Å²) < 4.78 is 8.13. The van der Waals surface area contributed by atoms with Crippen LogP contribution in [0.1, 0.15) is 26.2 Å². The third kappa shape index (κ3) is 2.30. The number of hydrogen-bond acceptors (Lipinski definition) is 3. The Bertz CT molecular complexity index is 263. The molecular formula is C10H15NO2S. The van der Waals surface area contributed by atoms with Crippen molar-refractivity contribution in [3.63, 3.8) is 0 Å². The zero-order valence-electron chi connectivity index (χ0n) is 8.29. The molecule has 4 heteroatoms. The zero-order valence-corrected chi connectivity index (χ0v) is 9.10. The standard InChI is InChI=1S/C10H15NO2S/c1-3-7-6-8(7)9(12)11-14-13-10(2)4-5-10/h3,7-8H,1,4-6H2,2H3,(H,11,12)/t7-,8+/m1/s1. The lowest BCUT2D eigenvalue weighted by atomic mass is 10.3. The SMILES string of the molecule is C=C[C@@H]1C[C@@H]1C(=O)NSOC1(C)CC1. The first-order chi connectivity index (χ1) is 6.64. The topological polar surface area (TPSA) is 38.3 Å². The van der Waals surface area contributed by atoms with Crippen LogP contribution < -0.4 is 4.72 Å². The van der Waals surface area contributed by atoms with E-state index in [2.05, 4.69) is 18.2 Å². The molecule has 1 amide bonds. The molecule has 0 aromatic carbocycles. The van der Waals surface area contributed by atoms with Gasteiger partial charge in [-0.3, -0.25) is 13.7 Å². The van der Waals surface area contributed by atoms with Gasteiger partial charge in [0.25, 0.3) is 0 Å². The van der Waals surface area contributed by atoms with Crippen LogP contribution in [0.25, 0.3) is 0 Å². The maximum Gasteiger partial charge on any atom is 0.235 e. The Hall–Kier alpha value is -0.480. The van der Waals surface area contributed by atoms with E-state index in [0.717, 1.165) is 31.5 Å². The number of hydrogen-bond donors (Lipinski definition) is 1. The monoisotopic (exact) mass is 213 g/mol. The molecule has 2 atom stereocenters. The minimum atomic E-state index is 0.0132. The molecule has 0 aromatic heterocycles. The first-order valence-corrected chi connectivity index (χ1v) is 5.66. The van der Waals surface area contributed by atoms with E-state index in [0.29, 0.717) is 5.92 Å². The van der Waals surface area contributed by atoms with Gasteiger partial charge in [-0.2, -0.15) is 0 Å². The summed E-state index contributed by atoms with van der Waals surface area (Å²) in [4.78, 5) is 11.4. The number of nitrogens with one attached hydrogen (secondary N) is 1. The third-order valence-electron chi connectivity index (χ3n) is 2.82. The summed E-state index contributed by atoms with van der Waals surface area (Å²) in [6, 6.07) is 0. The highest BCUT2D eigenvalue weighted by Gasteiger charge is 2.42. The average molecular weight is 213 g/mol. The second-order valence-electron chi connectivity index (χ2n) is 4.32. The fourth-order valence-electron chi connectivity index (χ4n) is 1.27. The van der Waals surface area contributed by atoms with Crippen LogP contribution in [0.3, 0.4) is 0 Å². The van der Waals surface area contributed by atoms with Crippen molar-refractivity contribution in [1.82, 2.24) is 4.72 Å². The number of carbonyl (C=O) groups excluding carboxylic acids is 1. The number of allylic oxidation sites excluding steroid dienone is 1. The van der Waals surface area contributed by atoms with Gasteiger partial charge in [0.2, 0.25) is 5.91 Å². The molecule has 0 heterocycles. The van der Waals surface area contributed by atoms with Crippen molar-refractivity contribution in [1.29, 1.82) is 0 Å². The molecule has 14 heavy (non-hydrogen) atoms. The normalized spacial score (nSPS) is 32.1. The fourth-order valence-corrected chi connectivity index (χ4v) is 1.92. The molecule has 2 aliphatic rings. The van der Waals surface area contributed by atoms with E-state index < -0.39 is 0 Å². The minimum absolute atomic E-state index is 0.0132. The predicted molar refractivity (Wildman–Crippen MR) is 56.3 cm³/mol. The van der Waals surface area contributed by atoms with E-state index in [1.165, 1.54) is 0 Å². The molecule has 3 nitrogen and oxygen atoms in total. The lowest BCUT2D eigenvalue weighted by Gasteiger charge is -2.08. The summed E-state index contributed by atoms with van der Waals surface area (Å²) in [7, 11) is 0. The summed E-state index contributed by atoms with van der Waals surface area (Å²) in [6.45, 7) is 5.72. The Morgan fingerprint density at radius 2 is 2.43 bits per heavy atom. The van der Waals surface area contributed by atoms with Gasteiger partial charge in [0, 0.05) is 5.92 Å². The van der Waals surface area contributed by atoms with Crippen LogP contribution >= 0.6 is 12.2 Å². The van der Waals surface area contributed by atoms with Gasteiger partial charge in [-0.05, 0) is 32.1 Å². The minimum Gasteiger partial charge on any atom is -0.290 e. The van der Waals surface area contributed by atoms with E-state index in [1.54, 1.807) is 0 Å². The summed E-state index contributed by atoms with van der Waals surface area (Å²) >= 11 is 1.08. The van der Waals surface area contributed by atoms with Crippen molar-refractivity contribution < 1.29 is 8.98 Å². The molecule has 2 saturated carbocycles. The largest absolute Gasteiger partial charge is 0.290 e. The van der Waals surface area contributed by atoms with Crippen LogP contribution in [-0.2, 0) is 8.98 Å². The summed E-state index contributed by atoms with van der Waals surface area (Å²) in [5.41, 5.74) is 0.0132. The summed E-state index contributed by atoms with van der Waals surface area (Å²) in [5, 5.41) is 0. The van der Waals surface area contributed by atoms with Gasteiger partial charge in [-0.15, -0.1) is 6.58 Å². The molecule has 0 saturated heterocycles. The maximum absolute atomic E-state index is 11.4. The molecule has 1 N–H and O–H groups in total. The highest BCUT2D eigenvalue weighted by Crippen LogP contribution is 2.42. The Morgan fingerprint density at radius 3 is 2.93 bits per heavy atom. The fraction of sp³-hybridized carbons (Fsp3) is 0.700. The second kappa shape index (κ2) is 3.59. The van der Waals surface area contributed by atoms with Gasteiger partial charge < -0.3 is 0 Å². The van der Waals surface area contributed by atoms with E-state index in [9.17, 15) is 4.79 Å². The van der Waals surface area contributed by atoms with Crippen LogP contribution in [-0.4, -0.2) is 11.5 Å². The average Bonchev–Trinajstić information content (AvgIpc) is 3.01. The molecule has 0 bridgehead atoms. The lowest BCUT2D eigenvalue weighted by Crippen LogP contribution is -2.20. The van der Waals surface area contributed by atoms with E-state index in [1.807, 2.05) is 6.08 Å². The molecule has 0 aromatic rings. The number of amides is 1. The van der Waals surface area contributed by atoms with Crippen LogP contribution in [0.4, 0.5) is 0 Å². The number of rotatable bonds is 5. The van der Waals surface area contributed by atoms with Crippen molar-refractivity contribution >= 4 is 18.1 Å². The van der Waals surface area contributed by atoms with Gasteiger partial charge in [-0.25, -0.2) is 0 Å². The van der Waals surface area contributed by atoms with Crippen molar-refractivity contribution in [2.75, 3.05) is 0 Å². The van der Waals surface area contributed by atoms with Crippen LogP contribution in [0.5, 0.6) is 0 Å². The molecule has 2 fully saturated rings. The second-order valence-corrected chi connectivity index (χ2v) is 4.86. The van der Waals surface area contributed by atoms with Crippen molar-refractivity contribution in [3.05, 3.63) is 12.7 Å². The van der Waals surface area contributed by atoms with Crippen LogP contribution in [0, 0.1) is 11.8 Å². The van der Waals surface area contributed by atoms with Crippen LogP contribution in [0.2, 0.25) is 0 Å². The van der Waals surface area contributed by atoms with Gasteiger partial charge in [0.1, 0.15) is 12.2 Å². The molecular weight excluding hydrogens is 198 g/mol. The summed E-state index contributed by atoms with van der Waals surface area (Å²) in [6.07, 6.45) is 4.97. The zero-order chi connectivity index (χ0) is 10.2. The molecule has 0 spiro atoms. The predicted octanol–water partition coefficient (Wildman–Crippen LogP) is 2.06. The van der Waals surface area contributed by atoms with E-state index in [-0.39, 0.29) is 17.4 Å². The first-order valence-electron chi connectivity index (χ1n) is 4.92. The van der Waals surface area contributed by atoms with E-state index in [4.69, 9.17) is 4.18 Å². The molecule has 0 radical (unpaired) electrons. The molecule has 0 aliphatic heterocycles. The molecule has 2 rings (SSSR count). The van der Waals surface area contributed by atoms with Gasteiger partial charge in [0.15, 0.2) is 0 Å². The maximum atomic E-state index is 11.4. The highest BCUT2D eigenvalue weighted by molar-refractivity contribution is 7.93. The molecule has 2 aliphatic carbocycles. The Labute approximate surface area is 88.6 Å². The van der Waals surface area contributed by atoms with Gasteiger partial charge >= 0.3 is 0 Å². The van der Waals surface area contributed by atoms with Gasteiger partial charge in [-0.1, -0.05) is 6.08 Å². The Morgan fingerprint density at radius 1 is 1.71 bits per heavy atom. The van der Waals surface area contributed by atoms with Gasteiger partial charge in [0.05, 0.1) is 5.60 Å². The third-order valence-corrected chi connectivity index (χ3v) is 3.59. The van der Waals surface area contributed by atoms with Crippen molar-refractivity contribution in [3.8, 4) is 0 Å². The Kier molecular flexibility index (Phi) is 2.58. The molecule has 0 unspecified atom stereocenters. The van der Waals surface area contributed by atoms with Crippen molar-refractivity contribution in [2.24, 2.45) is 11.8 Å². The Balaban J connectivity index is 1.61. The lowest BCUT2D eigenvalue weighted by molar-refractivity contribution is -0.120. The van der Waals surface area contributed by atoms with Crippen LogP contribution in [0.15, 0.2) is 12.7 Å². The first kappa shape index (κ1) is 10.1. The van der Waals surface area contributed by atoms with Crippen molar-refractivity contribution in [2.45, 2.75) is 31.8 Å². The molecule has 78 valence electrons. The quantitative estimate of drug-likeness (QED) is 0.431. The summed E-state index contributed by atoms with van der Waals surface area (Å²) in [5.74, 6) is 0.590. The van der Waals surface area contributed by atoms with E-state index >= 15 is 0 Å². The highest BCUT2D eigenvalue weighted by atomic mass is 32.2. The smallest absolute Gasteiger partial charge is 0.235 e.